The lowest BCUT2D eigenvalue weighted by atomic mass is 10.1. The Labute approximate surface area is 125 Å². The highest BCUT2D eigenvalue weighted by atomic mass is 16.2. The molecule has 0 unspecified atom stereocenters. The molecule has 2 rings (SSSR count). The van der Waals surface area contributed by atoms with Crippen molar-refractivity contribution in [2.24, 2.45) is 0 Å². The van der Waals surface area contributed by atoms with Crippen molar-refractivity contribution in [1.82, 2.24) is 5.32 Å². The highest BCUT2D eigenvalue weighted by Gasteiger charge is 1.99. The Morgan fingerprint density at radius 2 is 1.81 bits per heavy atom. The fourth-order valence-corrected chi connectivity index (χ4v) is 1.97. The molecule has 0 aliphatic heterocycles. The predicted molar refractivity (Wildman–Crippen MR) is 88.2 cm³/mol. The van der Waals surface area contributed by atoms with Crippen LogP contribution in [0.25, 0.3) is 6.08 Å². The van der Waals surface area contributed by atoms with Gasteiger partial charge in [-0.1, -0.05) is 43.3 Å². The summed E-state index contributed by atoms with van der Waals surface area (Å²) >= 11 is 0. The number of anilines is 1. The molecule has 2 amide bonds. The molecule has 0 aromatic heterocycles. The van der Waals surface area contributed by atoms with Crippen LogP contribution >= 0.6 is 0 Å². The van der Waals surface area contributed by atoms with E-state index >= 15 is 0 Å². The molecule has 0 spiro atoms. The number of rotatable bonds is 4. The zero-order valence-corrected chi connectivity index (χ0v) is 12.4. The van der Waals surface area contributed by atoms with E-state index in [9.17, 15) is 4.79 Å². The summed E-state index contributed by atoms with van der Waals surface area (Å²) in [6.07, 6.45) is 4.53. The Morgan fingerprint density at radius 3 is 2.48 bits per heavy atom. The van der Waals surface area contributed by atoms with Crippen LogP contribution in [0, 0.1) is 6.92 Å². The first-order valence-corrected chi connectivity index (χ1v) is 7.07. The lowest BCUT2D eigenvalue weighted by molar-refractivity contribution is 0.255. The van der Waals surface area contributed by atoms with Gasteiger partial charge in [0.15, 0.2) is 0 Å². The lowest BCUT2D eigenvalue weighted by Gasteiger charge is -2.05. The van der Waals surface area contributed by atoms with E-state index in [1.807, 2.05) is 61.5 Å². The molecule has 2 aromatic rings. The summed E-state index contributed by atoms with van der Waals surface area (Å²) in [6, 6.07) is 15.6. The number of urea groups is 1. The minimum Gasteiger partial charge on any atom is -0.314 e. The van der Waals surface area contributed by atoms with Crippen molar-refractivity contribution in [3.05, 3.63) is 71.4 Å². The Kier molecular flexibility index (Phi) is 5.16. The minimum atomic E-state index is -0.246. The molecule has 0 atom stereocenters. The van der Waals surface area contributed by atoms with Crippen LogP contribution in [0.3, 0.4) is 0 Å². The first-order valence-electron chi connectivity index (χ1n) is 7.07. The van der Waals surface area contributed by atoms with E-state index in [2.05, 4.69) is 17.6 Å². The van der Waals surface area contributed by atoms with Crippen molar-refractivity contribution in [3.8, 4) is 0 Å². The average molecular weight is 280 g/mol. The number of aryl methyl sites for hydroxylation is 2. The highest BCUT2D eigenvalue weighted by Crippen LogP contribution is 2.10. The van der Waals surface area contributed by atoms with E-state index in [0.29, 0.717) is 0 Å². The van der Waals surface area contributed by atoms with Crippen LogP contribution in [-0.2, 0) is 6.42 Å². The van der Waals surface area contributed by atoms with Crippen molar-refractivity contribution < 1.29 is 4.79 Å². The quantitative estimate of drug-likeness (QED) is 0.859. The van der Waals surface area contributed by atoms with Gasteiger partial charge in [-0.05, 0) is 48.2 Å². The molecular weight excluding hydrogens is 260 g/mol. The van der Waals surface area contributed by atoms with Gasteiger partial charge in [-0.15, -0.1) is 0 Å². The van der Waals surface area contributed by atoms with Gasteiger partial charge < -0.3 is 10.6 Å². The molecule has 0 radical (unpaired) electrons. The van der Waals surface area contributed by atoms with E-state index in [-0.39, 0.29) is 6.03 Å². The van der Waals surface area contributed by atoms with Crippen LogP contribution in [0.1, 0.15) is 23.6 Å². The number of hydrogen-bond acceptors (Lipinski definition) is 1. The van der Waals surface area contributed by atoms with Crippen molar-refractivity contribution in [1.29, 1.82) is 0 Å². The maximum Gasteiger partial charge on any atom is 0.323 e. The number of carbonyl (C=O) groups is 1. The Balaban J connectivity index is 1.88. The molecule has 0 aliphatic carbocycles. The Morgan fingerprint density at radius 1 is 1.10 bits per heavy atom. The van der Waals surface area contributed by atoms with Gasteiger partial charge in [0.05, 0.1) is 0 Å². The second kappa shape index (κ2) is 7.29. The van der Waals surface area contributed by atoms with Crippen LogP contribution in [0.2, 0.25) is 0 Å². The summed E-state index contributed by atoms with van der Waals surface area (Å²) < 4.78 is 0. The number of carbonyl (C=O) groups excluding carboxylic acids is 1. The fourth-order valence-electron chi connectivity index (χ4n) is 1.97. The molecule has 3 heteroatoms. The van der Waals surface area contributed by atoms with Crippen LogP contribution in [0.5, 0.6) is 0 Å². The summed E-state index contributed by atoms with van der Waals surface area (Å²) in [7, 11) is 0. The van der Waals surface area contributed by atoms with Gasteiger partial charge in [-0.25, -0.2) is 4.79 Å². The van der Waals surface area contributed by atoms with Crippen LogP contribution in [0.4, 0.5) is 10.5 Å². The molecule has 0 aliphatic rings. The van der Waals surface area contributed by atoms with Gasteiger partial charge in [0.1, 0.15) is 0 Å². The number of nitrogens with one attached hydrogen (secondary N) is 2. The largest absolute Gasteiger partial charge is 0.323 e. The molecule has 0 saturated carbocycles. The van der Waals surface area contributed by atoms with Gasteiger partial charge >= 0.3 is 6.03 Å². The normalized spacial score (nSPS) is 10.6. The number of hydrogen-bond donors (Lipinski definition) is 2. The Bertz CT molecular complexity index is 630. The third-order valence-electron chi connectivity index (χ3n) is 3.29. The average Bonchev–Trinajstić information content (AvgIpc) is 2.50. The molecule has 21 heavy (non-hydrogen) atoms. The molecule has 108 valence electrons. The second-order valence-electron chi connectivity index (χ2n) is 4.84. The van der Waals surface area contributed by atoms with Crippen molar-refractivity contribution in [2.45, 2.75) is 20.3 Å². The summed E-state index contributed by atoms with van der Waals surface area (Å²) in [5.74, 6) is 0. The Hall–Kier alpha value is -2.55. The van der Waals surface area contributed by atoms with Gasteiger partial charge in [0.2, 0.25) is 0 Å². The van der Waals surface area contributed by atoms with E-state index in [0.717, 1.165) is 17.7 Å². The van der Waals surface area contributed by atoms with Gasteiger partial charge in [-0.2, -0.15) is 0 Å². The van der Waals surface area contributed by atoms with E-state index in [4.69, 9.17) is 0 Å². The van der Waals surface area contributed by atoms with Gasteiger partial charge in [-0.3, -0.25) is 0 Å². The maximum atomic E-state index is 11.8. The molecule has 2 N–H and O–H groups in total. The monoisotopic (exact) mass is 280 g/mol. The van der Waals surface area contributed by atoms with Crippen LogP contribution < -0.4 is 10.6 Å². The topological polar surface area (TPSA) is 41.1 Å². The number of benzene rings is 2. The molecule has 0 bridgehead atoms. The molecule has 0 heterocycles. The van der Waals surface area contributed by atoms with Crippen molar-refractivity contribution in [2.75, 3.05) is 5.32 Å². The van der Waals surface area contributed by atoms with E-state index < -0.39 is 0 Å². The fraction of sp³-hybridized carbons (Fsp3) is 0.167. The van der Waals surface area contributed by atoms with Crippen molar-refractivity contribution in [3.63, 3.8) is 0 Å². The summed E-state index contributed by atoms with van der Waals surface area (Å²) in [4.78, 5) is 11.8. The smallest absolute Gasteiger partial charge is 0.314 e. The van der Waals surface area contributed by atoms with Crippen LogP contribution in [-0.4, -0.2) is 6.03 Å². The summed E-state index contributed by atoms with van der Waals surface area (Å²) in [5, 5.41) is 5.50. The first-order chi connectivity index (χ1) is 10.2. The molecule has 3 nitrogen and oxygen atoms in total. The summed E-state index contributed by atoms with van der Waals surface area (Å²) in [6.45, 7) is 4.14. The predicted octanol–water partition coefficient (Wildman–Crippen LogP) is 4.35. The van der Waals surface area contributed by atoms with E-state index in [1.54, 1.807) is 6.20 Å². The zero-order valence-electron chi connectivity index (χ0n) is 12.4. The maximum absolute atomic E-state index is 11.8. The zero-order chi connectivity index (χ0) is 15.1. The lowest BCUT2D eigenvalue weighted by Crippen LogP contribution is -2.23. The SMILES string of the molecule is CCc1ccc(NC(=O)N/C=C/c2ccccc2C)cc1. The van der Waals surface area contributed by atoms with E-state index in [1.165, 1.54) is 11.1 Å². The molecule has 2 aromatic carbocycles. The van der Waals surface area contributed by atoms with Crippen LogP contribution in [0.15, 0.2) is 54.7 Å². The van der Waals surface area contributed by atoms with Gasteiger partial charge in [0, 0.05) is 11.9 Å². The third-order valence-corrected chi connectivity index (χ3v) is 3.29. The van der Waals surface area contributed by atoms with Gasteiger partial charge in [0.25, 0.3) is 0 Å². The standard InChI is InChI=1S/C18H20N2O/c1-3-15-8-10-17(11-9-15)20-18(21)19-13-12-16-7-5-4-6-14(16)2/h4-13H,3H2,1-2H3,(H2,19,20,21)/b13-12+. The molecule has 0 saturated heterocycles. The second-order valence-corrected chi connectivity index (χ2v) is 4.84. The molecule has 0 fully saturated rings. The minimum absolute atomic E-state index is 0.246. The third kappa shape index (κ3) is 4.49. The number of amides is 2. The van der Waals surface area contributed by atoms with Crippen molar-refractivity contribution >= 4 is 17.8 Å². The summed E-state index contributed by atoms with van der Waals surface area (Å²) in [5.41, 5.74) is 4.30. The highest BCUT2D eigenvalue weighted by molar-refractivity contribution is 5.90. The molecular formula is C18H20N2O. The first kappa shape index (κ1) is 14.9.